The van der Waals surface area contributed by atoms with Gasteiger partial charge in [0.2, 0.25) is 5.89 Å². The molecule has 2 heterocycles. The van der Waals surface area contributed by atoms with Gasteiger partial charge in [0.05, 0.1) is 6.42 Å². The van der Waals surface area contributed by atoms with Crippen LogP contribution in [0.2, 0.25) is 0 Å². The van der Waals surface area contributed by atoms with Crippen molar-refractivity contribution in [1.29, 1.82) is 0 Å². The second kappa shape index (κ2) is 5.94. The molecule has 1 fully saturated rings. The summed E-state index contributed by atoms with van der Waals surface area (Å²) in [5, 5.41) is 13.4. The van der Waals surface area contributed by atoms with Gasteiger partial charge in [0.25, 0.3) is 5.95 Å². The van der Waals surface area contributed by atoms with Gasteiger partial charge in [0.15, 0.2) is 0 Å². The molecular formula is C15H19N3O2. The maximum atomic E-state index is 9.27. The first-order chi connectivity index (χ1) is 9.81. The van der Waals surface area contributed by atoms with Crippen molar-refractivity contribution in [2.45, 2.75) is 32.1 Å². The van der Waals surface area contributed by atoms with Crippen LogP contribution in [0, 0.1) is 0 Å². The molecule has 0 atom stereocenters. The molecule has 0 bridgehead atoms. The van der Waals surface area contributed by atoms with Gasteiger partial charge in [-0.15, -0.1) is 0 Å². The Labute approximate surface area is 118 Å². The molecule has 1 saturated heterocycles. The zero-order valence-corrected chi connectivity index (χ0v) is 11.5. The molecule has 1 aromatic carbocycles. The number of anilines is 1. The number of hydrogen-bond acceptors (Lipinski definition) is 5. The van der Waals surface area contributed by atoms with E-state index in [1.807, 2.05) is 12.1 Å². The van der Waals surface area contributed by atoms with Crippen LogP contribution in [0.25, 0.3) is 0 Å². The summed E-state index contributed by atoms with van der Waals surface area (Å²) in [7, 11) is 0. The van der Waals surface area contributed by atoms with Gasteiger partial charge >= 0.3 is 0 Å². The van der Waals surface area contributed by atoms with Crippen molar-refractivity contribution >= 4 is 5.95 Å². The highest BCUT2D eigenvalue weighted by molar-refractivity contribution is 5.30. The Morgan fingerprint density at radius 2 is 1.75 bits per heavy atom. The van der Waals surface area contributed by atoms with Crippen LogP contribution in [-0.4, -0.2) is 28.3 Å². The molecule has 3 rings (SSSR count). The van der Waals surface area contributed by atoms with Crippen LogP contribution >= 0.6 is 0 Å². The predicted octanol–water partition coefficient (Wildman–Crippen LogP) is 2.75. The van der Waals surface area contributed by atoms with E-state index in [0.29, 0.717) is 18.3 Å². The number of phenolic OH excluding ortho intramolecular Hbond substituents is 1. The van der Waals surface area contributed by atoms with Crippen molar-refractivity contribution in [3.8, 4) is 5.75 Å². The molecule has 0 spiro atoms. The van der Waals surface area contributed by atoms with Gasteiger partial charge in [0, 0.05) is 13.1 Å². The third-order valence-corrected chi connectivity index (χ3v) is 3.64. The van der Waals surface area contributed by atoms with E-state index in [4.69, 9.17) is 4.52 Å². The molecule has 1 aliphatic rings. The van der Waals surface area contributed by atoms with Gasteiger partial charge in [-0.2, -0.15) is 4.98 Å². The number of aromatic nitrogens is 2. The Bertz CT molecular complexity index is 543. The van der Waals surface area contributed by atoms with E-state index in [-0.39, 0.29) is 5.75 Å². The van der Waals surface area contributed by atoms with E-state index in [2.05, 4.69) is 15.0 Å². The second-order valence-electron chi connectivity index (χ2n) is 5.23. The molecule has 0 saturated carbocycles. The molecule has 5 heteroatoms. The van der Waals surface area contributed by atoms with Crippen LogP contribution < -0.4 is 4.90 Å². The van der Waals surface area contributed by atoms with Gasteiger partial charge in [-0.05, 0) is 35.7 Å². The molecule has 0 unspecified atom stereocenters. The average Bonchev–Trinajstić information content (AvgIpc) is 2.74. The first-order valence-corrected chi connectivity index (χ1v) is 7.17. The summed E-state index contributed by atoms with van der Waals surface area (Å²) in [6.45, 7) is 2.02. The zero-order valence-electron chi connectivity index (χ0n) is 11.5. The molecule has 0 amide bonds. The quantitative estimate of drug-likeness (QED) is 0.931. The highest BCUT2D eigenvalue weighted by Crippen LogP contribution is 2.18. The number of hydrogen-bond donors (Lipinski definition) is 1. The Morgan fingerprint density at radius 3 is 2.45 bits per heavy atom. The van der Waals surface area contributed by atoms with Crippen molar-refractivity contribution in [2.24, 2.45) is 0 Å². The summed E-state index contributed by atoms with van der Waals surface area (Å²) in [4.78, 5) is 6.68. The SMILES string of the molecule is Oc1ccc(Cc2nc(N3CCCCCC3)no2)cc1. The Balaban J connectivity index is 1.68. The molecule has 0 aliphatic carbocycles. The molecule has 5 nitrogen and oxygen atoms in total. The zero-order chi connectivity index (χ0) is 13.8. The largest absolute Gasteiger partial charge is 0.508 e. The second-order valence-corrected chi connectivity index (χ2v) is 5.23. The molecular weight excluding hydrogens is 254 g/mol. The summed E-state index contributed by atoms with van der Waals surface area (Å²) in [6.07, 6.45) is 5.56. The van der Waals surface area contributed by atoms with Crippen molar-refractivity contribution < 1.29 is 9.63 Å². The van der Waals surface area contributed by atoms with Gasteiger partial charge in [-0.25, -0.2) is 0 Å². The maximum Gasteiger partial charge on any atom is 0.266 e. The standard InChI is InChI=1S/C15H19N3O2/c19-13-7-5-12(6-8-13)11-14-16-15(17-20-14)18-9-3-1-2-4-10-18/h5-8,19H,1-4,9-11H2. The monoisotopic (exact) mass is 273 g/mol. The highest BCUT2D eigenvalue weighted by Gasteiger charge is 2.16. The molecule has 0 radical (unpaired) electrons. The summed E-state index contributed by atoms with van der Waals surface area (Å²) in [6, 6.07) is 7.07. The lowest BCUT2D eigenvalue weighted by molar-refractivity contribution is 0.384. The molecule has 2 aromatic rings. The summed E-state index contributed by atoms with van der Waals surface area (Å²) >= 11 is 0. The first kappa shape index (κ1) is 13.0. The minimum atomic E-state index is 0.268. The number of rotatable bonds is 3. The van der Waals surface area contributed by atoms with Gasteiger partial charge in [-0.3, -0.25) is 0 Å². The number of aromatic hydroxyl groups is 1. The molecule has 106 valence electrons. The summed E-state index contributed by atoms with van der Waals surface area (Å²) in [5.74, 6) is 1.60. The van der Waals surface area contributed by atoms with Gasteiger partial charge in [0.1, 0.15) is 5.75 Å². The number of nitrogens with zero attached hydrogens (tertiary/aromatic N) is 3. The lowest BCUT2D eigenvalue weighted by atomic mass is 10.1. The molecule has 1 N–H and O–H groups in total. The van der Waals surface area contributed by atoms with Crippen LogP contribution in [0.4, 0.5) is 5.95 Å². The fraction of sp³-hybridized carbons (Fsp3) is 0.467. The van der Waals surface area contributed by atoms with E-state index >= 15 is 0 Å². The van der Waals surface area contributed by atoms with Crippen LogP contribution in [0.15, 0.2) is 28.8 Å². The van der Waals surface area contributed by atoms with Crippen LogP contribution in [-0.2, 0) is 6.42 Å². The lowest BCUT2D eigenvalue weighted by Crippen LogP contribution is -2.24. The predicted molar refractivity (Wildman–Crippen MR) is 75.9 cm³/mol. The summed E-state index contributed by atoms with van der Waals surface area (Å²) in [5.41, 5.74) is 1.05. The number of phenols is 1. The minimum absolute atomic E-state index is 0.268. The van der Waals surface area contributed by atoms with Crippen LogP contribution in [0.3, 0.4) is 0 Å². The van der Waals surface area contributed by atoms with Crippen molar-refractivity contribution in [3.63, 3.8) is 0 Å². The fourth-order valence-electron chi connectivity index (χ4n) is 2.51. The third kappa shape index (κ3) is 3.10. The van der Waals surface area contributed by atoms with Crippen molar-refractivity contribution in [2.75, 3.05) is 18.0 Å². The van der Waals surface area contributed by atoms with Crippen molar-refractivity contribution in [1.82, 2.24) is 10.1 Å². The van der Waals surface area contributed by atoms with E-state index in [1.165, 1.54) is 25.7 Å². The number of benzene rings is 1. The molecule has 1 aliphatic heterocycles. The van der Waals surface area contributed by atoms with Crippen LogP contribution in [0.5, 0.6) is 5.75 Å². The lowest BCUT2D eigenvalue weighted by Gasteiger charge is -2.16. The Kier molecular flexibility index (Phi) is 3.85. The van der Waals surface area contributed by atoms with Gasteiger partial charge < -0.3 is 14.5 Å². The average molecular weight is 273 g/mol. The normalized spacial score (nSPS) is 16.1. The smallest absolute Gasteiger partial charge is 0.266 e. The van der Waals surface area contributed by atoms with Crippen LogP contribution in [0.1, 0.15) is 37.1 Å². The molecule has 1 aromatic heterocycles. The van der Waals surface area contributed by atoms with E-state index in [0.717, 1.165) is 18.7 Å². The van der Waals surface area contributed by atoms with Gasteiger partial charge in [-0.1, -0.05) is 25.0 Å². The minimum Gasteiger partial charge on any atom is -0.508 e. The highest BCUT2D eigenvalue weighted by atomic mass is 16.5. The van der Waals surface area contributed by atoms with E-state index in [1.54, 1.807) is 12.1 Å². The maximum absolute atomic E-state index is 9.27. The van der Waals surface area contributed by atoms with E-state index < -0.39 is 0 Å². The fourth-order valence-corrected chi connectivity index (χ4v) is 2.51. The third-order valence-electron chi connectivity index (χ3n) is 3.64. The summed E-state index contributed by atoms with van der Waals surface area (Å²) < 4.78 is 5.33. The first-order valence-electron chi connectivity index (χ1n) is 7.17. The topological polar surface area (TPSA) is 62.4 Å². The Hall–Kier alpha value is -2.04. The molecule has 20 heavy (non-hydrogen) atoms. The Morgan fingerprint density at radius 1 is 1.05 bits per heavy atom. The van der Waals surface area contributed by atoms with Crippen molar-refractivity contribution in [3.05, 3.63) is 35.7 Å². The van der Waals surface area contributed by atoms with E-state index in [9.17, 15) is 5.11 Å².